The molecule has 1 fully saturated rings. The predicted molar refractivity (Wildman–Crippen MR) is 67.0 cm³/mol. The molecule has 0 aliphatic heterocycles. The Morgan fingerprint density at radius 1 is 1.27 bits per heavy atom. The Bertz CT molecular complexity index is 151. The third-order valence-electron chi connectivity index (χ3n) is 3.49. The third-order valence-corrected chi connectivity index (χ3v) is 3.49. The molecule has 0 aromatic carbocycles. The van der Waals surface area contributed by atoms with Crippen molar-refractivity contribution in [3.05, 3.63) is 0 Å². The van der Waals surface area contributed by atoms with Crippen molar-refractivity contribution in [3.8, 4) is 0 Å². The highest BCUT2D eigenvalue weighted by Gasteiger charge is 2.16. The Morgan fingerprint density at radius 3 is 2.53 bits per heavy atom. The molecule has 0 amide bonds. The van der Waals surface area contributed by atoms with Crippen LogP contribution in [0.1, 0.15) is 51.9 Å². The van der Waals surface area contributed by atoms with E-state index in [0.717, 1.165) is 5.92 Å². The molecule has 1 aliphatic carbocycles. The molecule has 2 heteroatoms. The quantitative estimate of drug-likeness (QED) is 0.657. The largest absolute Gasteiger partial charge is 0.328 e. The van der Waals surface area contributed by atoms with E-state index in [0.29, 0.717) is 6.04 Å². The number of hydrogen-bond acceptors (Lipinski definition) is 2. The molecule has 0 aromatic rings. The van der Waals surface area contributed by atoms with Crippen molar-refractivity contribution in [3.63, 3.8) is 0 Å². The number of rotatable bonds is 7. The summed E-state index contributed by atoms with van der Waals surface area (Å²) in [7, 11) is 2.27. The maximum absolute atomic E-state index is 5.73. The van der Waals surface area contributed by atoms with E-state index in [2.05, 4.69) is 18.9 Å². The lowest BCUT2D eigenvalue weighted by atomic mass is 10.1. The van der Waals surface area contributed by atoms with Crippen LogP contribution in [0, 0.1) is 5.92 Å². The van der Waals surface area contributed by atoms with Crippen molar-refractivity contribution in [1.82, 2.24) is 4.90 Å². The number of nitrogens with zero attached hydrogens (tertiary/aromatic N) is 1. The van der Waals surface area contributed by atoms with Gasteiger partial charge in [-0.25, -0.2) is 0 Å². The zero-order chi connectivity index (χ0) is 11.1. The average molecular weight is 212 g/mol. The van der Waals surface area contributed by atoms with Crippen LogP contribution in [-0.4, -0.2) is 31.1 Å². The monoisotopic (exact) mass is 212 g/mol. The first-order chi connectivity index (χ1) is 7.18. The first kappa shape index (κ1) is 13.0. The molecule has 2 nitrogen and oxygen atoms in total. The average Bonchev–Trinajstić information content (AvgIpc) is 2.64. The van der Waals surface area contributed by atoms with Crippen LogP contribution in [0.4, 0.5) is 0 Å². The second-order valence-corrected chi connectivity index (χ2v) is 5.39. The van der Waals surface area contributed by atoms with E-state index in [-0.39, 0.29) is 0 Å². The zero-order valence-corrected chi connectivity index (χ0v) is 10.5. The van der Waals surface area contributed by atoms with E-state index in [1.54, 1.807) is 0 Å². The molecule has 15 heavy (non-hydrogen) atoms. The molecule has 2 N–H and O–H groups in total. The third kappa shape index (κ3) is 6.16. The van der Waals surface area contributed by atoms with E-state index in [1.807, 2.05) is 0 Å². The molecule has 90 valence electrons. The molecule has 1 saturated carbocycles. The molecule has 1 atom stereocenters. The van der Waals surface area contributed by atoms with Gasteiger partial charge in [0.25, 0.3) is 0 Å². The lowest BCUT2D eigenvalue weighted by Gasteiger charge is -2.20. The van der Waals surface area contributed by atoms with Crippen molar-refractivity contribution in [2.75, 3.05) is 20.1 Å². The number of nitrogens with two attached hydrogens (primary N) is 1. The van der Waals surface area contributed by atoms with E-state index in [4.69, 9.17) is 5.73 Å². The Balaban J connectivity index is 1.95. The summed E-state index contributed by atoms with van der Waals surface area (Å²) >= 11 is 0. The maximum atomic E-state index is 5.73. The second kappa shape index (κ2) is 7.24. The molecule has 1 aliphatic rings. The van der Waals surface area contributed by atoms with E-state index in [1.165, 1.54) is 58.0 Å². The van der Waals surface area contributed by atoms with Crippen LogP contribution in [-0.2, 0) is 0 Å². The summed E-state index contributed by atoms with van der Waals surface area (Å²) in [6.07, 6.45) is 9.62. The maximum Gasteiger partial charge on any atom is 0.00104 e. The summed E-state index contributed by atoms with van der Waals surface area (Å²) in [6, 6.07) is 0.380. The van der Waals surface area contributed by atoms with E-state index < -0.39 is 0 Å². The Hall–Kier alpha value is -0.0800. The Labute approximate surface area is 95.2 Å². The van der Waals surface area contributed by atoms with Crippen LogP contribution < -0.4 is 5.73 Å². The first-order valence-corrected chi connectivity index (χ1v) is 6.62. The molecule has 0 radical (unpaired) electrons. The van der Waals surface area contributed by atoms with Gasteiger partial charge >= 0.3 is 0 Å². The minimum absolute atomic E-state index is 0.380. The van der Waals surface area contributed by atoms with Crippen LogP contribution in [0.5, 0.6) is 0 Å². The summed E-state index contributed by atoms with van der Waals surface area (Å²) in [5, 5.41) is 0. The fraction of sp³-hybridized carbons (Fsp3) is 1.00. The van der Waals surface area contributed by atoms with Gasteiger partial charge in [-0.1, -0.05) is 19.3 Å². The number of unbranched alkanes of at least 4 members (excludes halogenated alkanes) is 1. The molecule has 0 saturated heterocycles. The zero-order valence-electron chi connectivity index (χ0n) is 10.5. The Morgan fingerprint density at radius 2 is 1.93 bits per heavy atom. The van der Waals surface area contributed by atoms with Gasteiger partial charge in [0.2, 0.25) is 0 Å². The van der Waals surface area contributed by atoms with Gasteiger partial charge in [0.05, 0.1) is 0 Å². The van der Waals surface area contributed by atoms with Gasteiger partial charge in [0.1, 0.15) is 0 Å². The predicted octanol–water partition coefficient (Wildman–Crippen LogP) is 2.63. The van der Waals surface area contributed by atoms with Crippen molar-refractivity contribution in [2.24, 2.45) is 11.7 Å². The van der Waals surface area contributed by atoms with Gasteiger partial charge in [-0.05, 0) is 52.1 Å². The highest BCUT2D eigenvalue weighted by atomic mass is 15.1. The fourth-order valence-corrected chi connectivity index (χ4v) is 2.57. The van der Waals surface area contributed by atoms with E-state index >= 15 is 0 Å². The Kier molecular flexibility index (Phi) is 6.26. The lowest BCUT2D eigenvalue weighted by molar-refractivity contribution is 0.271. The summed E-state index contributed by atoms with van der Waals surface area (Å²) in [5.41, 5.74) is 5.73. The normalized spacial score (nSPS) is 20.0. The lowest BCUT2D eigenvalue weighted by Crippen LogP contribution is -2.26. The van der Waals surface area contributed by atoms with Gasteiger partial charge in [-0.15, -0.1) is 0 Å². The molecule has 0 spiro atoms. The first-order valence-electron chi connectivity index (χ1n) is 6.62. The van der Waals surface area contributed by atoms with Crippen LogP contribution in [0.3, 0.4) is 0 Å². The number of hydrogen-bond donors (Lipinski definition) is 1. The minimum atomic E-state index is 0.380. The van der Waals surface area contributed by atoms with Crippen LogP contribution in [0.2, 0.25) is 0 Å². The topological polar surface area (TPSA) is 29.3 Å². The molecule has 0 aromatic heterocycles. The SMILES string of the molecule is CC(N)CCCCN(C)CC1CCCC1. The van der Waals surface area contributed by atoms with Crippen LogP contribution >= 0.6 is 0 Å². The van der Waals surface area contributed by atoms with Crippen molar-refractivity contribution in [2.45, 2.75) is 57.9 Å². The molecular weight excluding hydrogens is 184 g/mol. The molecular formula is C13H28N2. The molecule has 1 rings (SSSR count). The van der Waals surface area contributed by atoms with Crippen LogP contribution in [0.25, 0.3) is 0 Å². The van der Waals surface area contributed by atoms with Gasteiger partial charge in [-0.2, -0.15) is 0 Å². The second-order valence-electron chi connectivity index (χ2n) is 5.39. The van der Waals surface area contributed by atoms with Crippen LogP contribution in [0.15, 0.2) is 0 Å². The summed E-state index contributed by atoms with van der Waals surface area (Å²) < 4.78 is 0. The standard InChI is InChI=1S/C13H28N2/c1-12(14)7-5-6-10-15(2)11-13-8-3-4-9-13/h12-13H,3-11,14H2,1-2H3. The highest BCUT2D eigenvalue weighted by Crippen LogP contribution is 2.25. The smallest absolute Gasteiger partial charge is 0.00104 e. The minimum Gasteiger partial charge on any atom is -0.328 e. The molecule has 1 unspecified atom stereocenters. The van der Waals surface area contributed by atoms with Crippen molar-refractivity contribution < 1.29 is 0 Å². The fourth-order valence-electron chi connectivity index (χ4n) is 2.57. The molecule has 0 bridgehead atoms. The molecule has 0 heterocycles. The van der Waals surface area contributed by atoms with Crippen molar-refractivity contribution in [1.29, 1.82) is 0 Å². The van der Waals surface area contributed by atoms with Gasteiger partial charge in [-0.3, -0.25) is 0 Å². The highest BCUT2D eigenvalue weighted by molar-refractivity contribution is 4.70. The summed E-state index contributed by atoms with van der Waals surface area (Å²) in [4.78, 5) is 2.51. The van der Waals surface area contributed by atoms with Crippen molar-refractivity contribution >= 4 is 0 Å². The van der Waals surface area contributed by atoms with Gasteiger partial charge in [0.15, 0.2) is 0 Å². The summed E-state index contributed by atoms with van der Waals surface area (Å²) in [5.74, 6) is 0.989. The summed E-state index contributed by atoms with van der Waals surface area (Å²) in [6.45, 7) is 4.67. The van der Waals surface area contributed by atoms with E-state index in [9.17, 15) is 0 Å². The van der Waals surface area contributed by atoms with Gasteiger partial charge < -0.3 is 10.6 Å². The van der Waals surface area contributed by atoms with Gasteiger partial charge in [0, 0.05) is 12.6 Å².